The summed E-state index contributed by atoms with van der Waals surface area (Å²) in [4.78, 5) is 31.2. The Morgan fingerprint density at radius 2 is 2.15 bits per heavy atom. The van der Waals surface area contributed by atoms with Crippen molar-refractivity contribution in [2.75, 3.05) is 57.4 Å². The molecule has 0 aliphatic carbocycles. The van der Waals surface area contributed by atoms with Crippen LogP contribution in [0.25, 0.3) is 0 Å². The average molecular weight is 363 g/mol. The number of morpholine rings is 1. The first kappa shape index (κ1) is 18.5. The third-order valence-electron chi connectivity index (χ3n) is 4.89. The number of aromatic nitrogens is 1. The Balaban J connectivity index is 1.47. The Kier molecular flexibility index (Phi) is 6.35. The van der Waals surface area contributed by atoms with Gasteiger partial charge in [0, 0.05) is 45.3 Å². The van der Waals surface area contributed by atoms with Crippen LogP contribution in [-0.4, -0.2) is 73.2 Å². The number of anilines is 1. The van der Waals surface area contributed by atoms with Crippen LogP contribution in [0.15, 0.2) is 18.3 Å². The van der Waals surface area contributed by atoms with Gasteiger partial charge in [0.05, 0.1) is 24.1 Å². The Morgan fingerprint density at radius 1 is 1.35 bits per heavy atom. The fourth-order valence-corrected chi connectivity index (χ4v) is 3.38. The quantitative estimate of drug-likeness (QED) is 0.585. The molecule has 2 aliphatic rings. The Morgan fingerprint density at radius 3 is 2.85 bits per heavy atom. The van der Waals surface area contributed by atoms with Gasteiger partial charge in [0.25, 0.3) is 5.69 Å². The first-order valence-corrected chi connectivity index (χ1v) is 9.06. The third-order valence-corrected chi connectivity index (χ3v) is 4.89. The second-order valence-electron chi connectivity index (χ2n) is 6.66. The molecule has 1 N–H and O–H groups in total. The van der Waals surface area contributed by atoms with E-state index < -0.39 is 4.92 Å². The number of nitro groups is 1. The number of nitrogens with one attached hydrogen (secondary N) is 1. The summed E-state index contributed by atoms with van der Waals surface area (Å²) in [6, 6.07) is 3.10. The largest absolute Gasteiger partial charge is 0.379 e. The Hall–Kier alpha value is -2.26. The Labute approximate surface area is 152 Å². The van der Waals surface area contributed by atoms with Crippen molar-refractivity contribution in [3.63, 3.8) is 0 Å². The van der Waals surface area contributed by atoms with E-state index in [0.29, 0.717) is 18.9 Å². The SMILES string of the molecule is O=C(NCCN1CCOCC1)[C@@H]1CCCN(c2ccc([N+](=O)[O-])cn2)C1. The van der Waals surface area contributed by atoms with Gasteiger partial charge < -0.3 is 15.0 Å². The highest BCUT2D eigenvalue weighted by atomic mass is 16.6. The van der Waals surface area contributed by atoms with Gasteiger partial charge in [0.15, 0.2) is 0 Å². The van der Waals surface area contributed by atoms with Gasteiger partial charge in [-0.2, -0.15) is 0 Å². The van der Waals surface area contributed by atoms with Crippen LogP contribution in [0, 0.1) is 16.0 Å². The molecule has 142 valence electrons. The van der Waals surface area contributed by atoms with Crippen molar-refractivity contribution < 1.29 is 14.5 Å². The standard InChI is InChI=1S/C17H25N5O4/c23-17(18-5-7-20-8-10-26-11-9-20)14-2-1-6-21(13-14)16-4-3-15(12-19-16)22(24)25/h3-4,12,14H,1-2,5-11,13H2,(H,18,23)/t14-/m1/s1. The lowest BCUT2D eigenvalue weighted by Gasteiger charge is -2.33. The van der Waals surface area contributed by atoms with E-state index in [2.05, 4.69) is 15.2 Å². The smallest absolute Gasteiger partial charge is 0.287 e. The molecular weight excluding hydrogens is 338 g/mol. The first-order valence-electron chi connectivity index (χ1n) is 9.06. The van der Waals surface area contributed by atoms with E-state index in [-0.39, 0.29) is 17.5 Å². The molecule has 0 aromatic carbocycles. The van der Waals surface area contributed by atoms with Crippen molar-refractivity contribution >= 4 is 17.4 Å². The van der Waals surface area contributed by atoms with E-state index in [0.717, 1.165) is 52.2 Å². The number of carbonyl (C=O) groups excluding carboxylic acids is 1. The van der Waals surface area contributed by atoms with E-state index in [1.54, 1.807) is 6.07 Å². The van der Waals surface area contributed by atoms with Crippen molar-refractivity contribution in [3.05, 3.63) is 28.4 Å². The van der Waals surface area contributed by atoms with Crippen LogP contribution in [0.2, 0.25) is 0 Å². The molecule has 9 heteroatoms. The monoisotopic (exact) mass is 363 g/mol. The number of hydrogen-bond donors (Lipinski definition) is 1. The summed E-state index contributed by atoms with van der Waals surface area (Å²) in [5.41, 5.74) is -0.0248. The zero-order valence-electron chi connectivity index (χ0n) is 14.8. The van der Waals surface area contributed by atoms with Crippen molar-refractivity contribution in [3.8, 4) is 0 Å². The summed E-state index contributed by atoms with van der Waals surface area (Å²) in [5.74, 6) is 0.678. The molecule has 0 unspecified atom stereocenters. The summed E-state index contributed by atoms with van der Waals surface area (Å²) in [6.45, 7) is 6.23. The zero-order valence-corrected chi connectivity index (χ0v) is 14.8. The number of pyridine rings is 1. The van der Waals surface area contributed by atoms with Gasteiger partial charge in [-0.3, -0.25) is 19.8 Å². The van der Waals surface area contributed by atoms with Crippen LogP contribution >= 0.6 is 0 Å². The van der Waals surface area contributed by atoms with Crippen LogP contribution in [0.3, 0.4) is 0 Å². The minimum absolute atomic E-state index is 0.0248. The summed E-state index contributed by atoms with van der Waals surface area (Å²) in [6.07, 6.45) is 3.02. The number of nitrogens with zero attached hydrogens (tertiary/aromatic N) is 4. The van der Waals surface area contributed by atoms with E-state index in [1.165, 1.54) is 12.3 Å². The fraction of sp³-hybridized carbons (Fsp3) is 0.647. The molecule has 1 atom stereocenters. The van der Waals surface area contributed by atoms with Crippen molar-refractivity contribution in [2.45, 2.75) is 12.8 Å². The van der Waals surface area contributed by atoms with Gasteiger partial charge in [-0.25, -0.2) is 4.98 Å². The number of hydrogen-bond acceptors (Lipinski definition) is 7. The topological polar surface area (TPSA) is 101 Å². The molecule has 3 rings (SSSR count). The molecule has 26 heavy (non-hydrogen) atoms. The number of piperidine rings is 1. The number of amides is 1. The van der Waals surface area contributed by atoms with E-state index in [4.69, 9.17) is 4.74 Å². The van der Waals surface area contributed by atoms with Crippen molar-refractivity contribution in [2.24, 2.45) is 5.92 Å². The molecular formula is C17H25N5O4. The molecule has 2 saturated heterocycles. The summed E-state index contributed by atoms with van der Waals surface area (Å²) in [7, 11) is 0. The maximum atomic E-state index is 12.5. The van der Waals surface area contributed by atoms with Gasteiger partial charge in [0.1, 0.15) is 12.0 Å². The van der Waals surface area contributed by atoms with Crippen LogP contribution in [0.4, 0.5) is 11.5 Å². The molecule has 3 heterocycles. The lowest BCUT2D eigenvalue weighted by molar-refractivity contribution is -0.385. The zero-order chi connectivity index (χ0) is 18.4. The van der Waals surface area contributed by atoms with Gasteiger partial charge in [0.2, 0.25) is 5.91 Å². The summed E-state index contributed by atoms with van der Waals surface area (Å²) in [5, 5.41) is 13.8. The summed E-state index contributed by atoms with van der Waals surface area (Å²) >= 11 is 0. The minimum Gasteiger partial charge on any atom is -0.379 e. The molecule has 0 bridgehead atoms. The number of ether oxygens (including phenoxy) is 1. The highest BCUT2D eigenvalue weighted by Gasteiger charge is 2.26. The molecule has 9 nitrogen and oxygen atoms in total. The van der Waals surface area contributed by atoms with Gasteiger partial charge >= 0.3 is 0 Å². The van der Waals surface area contributed by atoms with Crippen LogP contribution in [0.1, 0.15) is 12.8 Å². The normalized spacial score (nSPS) is 21.4. The maximum absolute atomic E-state index is 12.5. The van der Waals surface area contributed by atoms with Crippen LogP contribution < -0.4 is 10.2 Å². The van der Waals surface area contributed by atoms with Crippen LogP contribution in [-0.2, 0) is 9.53 Å². The molecule has 0 spiro atoms. The van der Waals surface area contributed by atoms with E-state index in [9.17, 15) is 14.9 Å². The van der Waals surface area contributed by atoms with Gasteiger partial charge in [-0.15, -0.1) is 0 Å². The molecule has 1 aromatic rings. The lowest BCUT2D eigenvalue weighted by Crippen LogP contribution is -2.46. The highest BCUT2D eigenvalue weighted by Crippen LogP contribution is 2.23. The van der Waals surface area contributed by atoms with E-state index in [1.807, 2.05) is 4.90 Å². The average Bonchev–Trinajstić information content (AvgIpc) is 2.69. The van der Waals surface area contributed by atoms with Gasteiger partial charge in [-0.05, 0) is 18.9 Å². The van der Waals surface area contributed by atoms with Crippen molar-refractivity contribution in [1.29, 1.82) is 0 Å². The second kappa shape index (κ2) is 8.91. The third kappa shape index (κ3) is 4.89. The second-order valence-corrected chi connectivity index (χ2v) is 6.66. The van der Waals surface area contributed by atoms with E-state index >= 15 is 0 Å². The molecule has 2 fully saturated rings. The predicted molar refractivity (Wildman–Crippen MR) is 96.1 cm³/mol. The number of carbonyl (C=O) groups is 1. The molecule has 0 saturated carbocycles. The lowest BCUT2D eigenvalue weighted by atomic mass is 9.97. The molecule has 0 radical (unpaired) electrons. The minimum atomic E-state index is -0.461. The summed E-state index contributed by atoms with van der Waals surface area (Å²) < 4.78 is 5.32. The first-order chi connectivity index (χ1) is 12.6. The fourth-order valence-electron chi connectivity index (χ4n) is 3.38. The Bertz CT molecular complexity index is 618. The van der Waals surface area contributed by atoms with Crippen LogP contribution in [0.5, 0.6) is 0 Å². The predicted octanol–water partition coefficient (Wildman–Crippen LogP) is 0.655. The highest BCUT2D eigenvalue weighted by molar-refractivity contribution is 5.79. The molecule has 1 aromatic heterocycles. The number of rotatable bonds is 6. The van der Waals surface area contributed by atoms with Gasteiger partial charge in [-0.1, -0.05) is 0 Å². The maximum Gasteiger partial charge on any atom is 0.287 e. The van der Waals surface area contributed by atoms with Crippen molar-refractivity contribution in [1.82, 2.24) is 15.2 Å². The molecule has 2 aliphatic heterocycles. The molecule has 1 amide bonds.